The Morgan fingerprint density at radius 1 is 1.22 bits per heavy atom. The van der Waals surface area contributed by atoms with E-state index in [-0.39, 0.29) is 0 Å². The Bertz CT molecular complexity index is 499. The Morgan fingerprint density at radius 3 is 2.61 bits per heavy atom. The van der Waals surface area contributed by atoms with Crippen molar-refractivity contribution in [1.29, 1.82) is 0 Å². The first-order chi connectivity index (χ1) is 8.62. The highest BCUT2D eigenvalue weighted by atomic mass is 79.9. The van der Waals surface area contributed by atoms with E-state index in [1.165, 1.54) is 4.31 Å². The van der Waals surface area contributed by atoms with Gasteiger partial charge in [-0.05, 0) is 30.5 Å². The summed E-state index contributed by atoms with van der Waals surface area (Å²) in [5.41, 5.74) is 1.67. The maximum absolute atomic E-state index is 12.2. The standard InChI is InChI=1S/C12H17BrN2O2S/c13-10-11-5-4-6-12(9-11)14-18(16,17)15-7-2-1-3-8-15/h4-6,9,14H,1-3,7-8,10H2. The van der Waals surface area contributed by atoms with Crippen molar-refractivity contribution in [2.75, 3.05) is 17.8 Å². The average molecular weight is 333 g/mol. The molecule has 0 unspecified atom stereocenters. The van der Waals surface area contributed by atoms with Gasteiger partial charge in [-0.1, -0.05) is 34.5 Å². The number of anilines is 1. The van der Waals surface area contributed by atoms with Crippen LogP contribution in [0.1, 0.15) is 24.8 Å². The fourth-order valence-electron chi connectivity index (χ4n) is 2.04. The molecule has 1 N–H and O–H groups in total. The molecular formula is C12H17BrN2O2S. The van der Waals surface area contributed by atoms with Crippen LogP contribution in [0.2, 0.25) is 0 Å². The molecule has 1 heterocycles. The Labute approximate surface area is 117 Å². The average Bonchev–Trinajstić information content (AvgIpc) is 2.39. The van der Waals surface area contributed by atoms with E-state index in [1.807, 2.05) is 18.2 Å². The first kappa shape index (κ1) is 13.8. The normalized spacial score (nSPS) is 17.6. The molecule has 6 heteroatoms. The van der Waals surface area contributed by atoms with Gasteiger partial charge in [-0.3, -0.25) is 4.72 Å². The van der Waals surface area contributed by atoms with Crippen LogP contribution in [0.15, 0.2) is 24.3 Å². The van der Waals surface area contributed by atoms with Crippen LogP contribution in [0, 0.1) is 0 Å². The third kappa shape index (κ3) is 3.46. The van der Waals surface area contributed by atoms with Crippen molar-refractivity contribution in [3.8, 4) is 0 Å². The molecule has 0 spiro atoms. The monoisotopic (exact) mass is 332 g/mol. The van der Waals surface area contributed by atoms with Gasteiger partial charge in [0.1, 0.15) is 0 Å². The number of nitrogens with one attached hydrogen (secondary N) is 1. The molecule has 1 aromatic carbocycles. The van der Waals surface area contributed by atoms with Crippen molar-refractivity contribution < 1.29 is 8.42 Å². The maximum Gasteiger partial charge on any atom is 0.301 e. The molecule has 0 aromatic heterocycles. The van der Waals surface area contributed by atoms with E-state index in [9.17, 15) is 8.42 Å². The van der Waals surface area contributed by atoms with Gasteiger partial charge in [0.15, 0.2) is 0 Å². The second-order valence-electron chi connectivity index (χ2n) is 4.40. The lowest BCUT2D eigenvalue weighted by Crippen LogP contribution is -2.39. The first-order valence-corrected chi connectivity index (χ1v) is 8.61. The molecule has 0 radical (unpaired) electrons. The Morgan fingerprint density at radius 2 is 1.94 bits per heavy atom. The third-order valence-electron chi connectivity index (χ3n) is 2.98. The molecule has 18 heavy (non-hydrogen) atoms. The van der Waals surface area contributed by atoms with Crippen molar-refractivity contribution in [2.24, 2.45) is 0 Å². The van der Waals surface area contributed by atoms with Gasteiger partial charge >= 0.3 is 10.2 Å². The predicted octanol–water partition coefficient (Wildman–Crippen LogP) is 2.72. The van der Waals surface area contributed by atoms with Crippen LogP contribution < -0.4 is 4.72 Å². The molecule has 0 saturated carbocycles. The molecule has 1 aliphatic heterocycles. The molecular weight excluding hydrogens is 316 g/mol. The summed E-state index contributed by atoms with van der Waals surface area (Å²) in [7, 11) is -3.39. The van der Waals surface area contributed by atoms with Crippen LogP contribution in [0.5, 0.6) is 0 Å². The van der Waals surface area contributed by atoms with Crippen LogP contribution in [0.3, 0.4) is 0 Å². The number of hydrogen-bond donors (Lipinski definition) is 1. The van der Waals surface area contributed by atoms with E-state index < -0.39 is 10.2 Å². The van der Waals surface area contributed by atoms with Crippen molar-refractivity contribution in [3.05, 3.63) is 29.8 Å². The minimum absolute atomic E-state index is 0.619. The quantitative estimate of drug-likeness (QED) is 0.862. The zero-order valence-corrected chi connectivity index (χ0v) is 12.5. The molecule has 1 saturated heterocycles. The summed E-state index contributed by atoms with van der Waals surface area (Å²) in [6.07, 6.45) is 3.01. The van der Waals surface area contributed by atoms with E-state index in [0.717, 1.165) is 24.8 Å². The zero-order valence-electron chi connectivity index (χ0n) is 10.1. The number of nitrogens with zero attached hydrogens (tertiary/aromatic N) is 1. The Kier molecular flexibility index (Phi) is 4.64. The van der Waals surface area contributed by atoms with Gasteiger partial charge in [0.25, 0.3) is 0 Å². The minimum Gasteiger partial charge on any atom is -0.271 e. The summed E-state index contributed by atoms with van der Waals surface area (Å²) in [6, 6.07) is 7.42. The number of benzene rings is 1. The number of alkyl halides is 1. The lowest BCUT2D eigenvalue weighted by Gasteiger charge is -2.26. The third-order valence-corrected chi connectivity index (χ3v) is 5.17. The van der Waals surface area contributed by atoms with E-state index in [4.69, 9.17) is 0 Å². The van der Waals surface area contributed by atoms with Gasteiger partial charge < -0.3 is 0 Å². The van der Waals surface area contributed by atoms with Crippen LogP contribution >= 0.6 is 15.9 Å². The molecule has 1 aromatic rings. The lowest BCUT2D eigenvalue weighted by molar-refractivity contribution is 0.349. The highest BCUT2D eigenvalue weighted by Crippen LogP contribution is 2.18. The second-order valence-corrected chi connectivity index (χ2v) is 6.63. The minimum atomic E-state index is -3.39. The van der Waals surface area contributed by atoms with E-state index in [1.54, 1.807) is 6.07 Å². The molecule has 100 valence electrons. The maximum atomic E-state index is 12.2. The van der Waals surface area contributed by atoms with Gasteiger partial charge in [0.05, 0.1) is 5.69 Å². The predicted molar refractivity (Wildman–Crippen MR) is 77.0 cm³/mol. The van der Waals surface area contributed by atoms with Crippen LogP contribution in [-0.2, 0) is 15.5 Å². The summed E-state index contributed by atoms with van der Waals surface area (Å²) < 4.78 is 28.5. The van der Waals surface area contributed by atoms with Gasteiger partial charge in [-0.15, -0.1) is 0 Å². The van der Waals surface area contributed by atoms with Gasteiger partial charge in [0.2, 0.25) is 0 Å². The fourth-order valence-corrected chi connectivity index (χ4v) is 3.68. The second kappa shape index (κ2) is 6.04. The topological polar surface area (TPSA) is 49.4 Å². The molecule has 0 bridgehead atoms. The highest BCUT2D eigenvalue weighted by Gasteiger charge is 2.23. The van der Waals surface area contributed by atoms with Crippen LogP contribution in [0.25, 0.3) is 0 Å². The van der Waals surface area contributed by atoms with Gasteiger partial charge in [0, 0.05) is 18.4 Å². The zero-order chi connectivity index (χ0) is 13.0. The summed E-state index contributed by atoms with van der Waals surface area (Å²) in [5, 5.41) is 0.715. The molecule has 0 atom stereocenters. The summed E-state index contributed by atoms with van der Waals surface area (Å²) >= 11 is 3.36. The Hall–Kier alpha value is -0.590. The van der Waals surface area contributed by atoms with Gasteiger partial charge in [-0.25, -0.2) is 0 Å². The van der Waals surface area contributed by atoms with Crippen molar-refractivity contribution in [3.63, 3.8) is 0 Å². The first-order valence-electron chi connectivity index (χ1n) is 6.04. The summed E-state index contributed by atoms with van der Waals surface area (Å²) in [6.45, 7) is 1.24. The van der Waals surface area contributed by atoms with E-state index in [0.29, 0.717) is 24.1 Å². The lowest BCUT2D eigenvalue weighted by atomic mass is 10.2. The van der Waals surface area contributed by atoms with Crippen molar-refractivity contribution >= 4 is 31.8 Å². The number of piperidine rings is 1. The molecule has 4 nitrogen and oxygen atoms in total. The van der Waals surface area contributed by atoms with Crippen LogP contribution in [-0.4, -0.2) is 25.8 Å². The fraction of sp³-hybridized carbons (Fsp3) is 0.500. The largest absolute Gasteiger partial charge is 0.301 e. The molecule has 1 fully saturated rings. The van der Waals surface area contributed by atoms with E-state index >= 15 is 0 Å². The summed E-state index contributed by atoms with van der Waals surface area (Å²) in [5.74, 6) is 0. The van der Waals surface area contributed by atoms with E-state index in [2.05, 4.69) is 20.7 Å². The number of rotatable bonds is 4. The van der Waals surface area contributed by atoms with Gasteiger partial charge in [-0.2, -0.15) is 12.7 Å². The SMILES string of the molecule is O=S(=O)(Nc1cccc(CBr)c1)N1CCCCC1. The molecule has 0 aliphatic carbocycles. The van der Waals surface area contributed by atoms with Crippen LogP contribution in [0.4, 0.5) is 5.69 Å². The smallest absolute Gasteiger partial charge is 0.271 e. The molecule has 2 rings (SSSR count). The molecule has 1 aliphatic rings. The number of halogens is 1. The van der Waals surface area contributed by atoms with Crippen molar-refractivity contribution in [2.45, 2.75) is 24.6 Å². The Balaban J connectivity index is 2.11. The summed E-state index contributed by atoms with van der Waals surface area (Å²) in [4.78, 5) is 0. The molecule has 0 amide bonds. The van der Waals surface area contributed by atoms with Crippen molar-refractivity contribution in [1.82, 2.24) is 4.31 Å². The number of hydrogen-bond acceptors (Lipinski definition) is 2. The highest BCUT2D eigenvalue weighted by molar-refractivity contribution is 9.08.